The third-order valence-electron chi connectivity index (χ3n) is 8.21. The Kier molecular flexibility index (Phi) is 10.1. The number of nitriles is 1. The molecule has 14 heteroatoms. The number of carbonyl (C=O) groups excluding carboxylic acids is 2. The van der Waals surface area contributed by atoms with Crippen LogP contribution in [-0.4, -0.2) is 66.0 Å². The summed E-state index contributed by atoms with van der Waals surface area (Å²) in [7, 11) is 5.61. The van der Waals surface area contributed by atoms with Gasteiger partial charge in [-0.05, 0) is 67.6 Å². The Morgan fingerprint density at radius 2 is 1.93 bits per heavy atom. The van der Waals surface area contributed by atoms with Gasteiger partial charge in [0.1, 0.15) is 6.04 Å². The number of benzene rings is 2. The summed E-state index contributed by atoms with van der Waals surface area (Å²) in [5.41, 5.74) is 0.711. The summed E-state index contributed by atoms with van der Waals surface area (Å²) in [6, 6.07) is 10.9. The van der Waals surface area contributed by atoms with Crippen molar-refractivity contribution in [2.24, 2.45) is 5.92 Å². The second-order valence-corrected chi connectivity index (χ2v) is 12.0. The number of allylic oxidation sites excluding steroid dienone is 1. The van der Waals surface area contributed by atoms with Crippen LogP contribution in [0.2, 0.25) is 0 Å². The summed E-state index contributed by atoms with van der Waals surface area (Å²) >= 11 is 0. The minimum absolute atomic E-state index is 0.0250. The minimum atomic E-state index is -4.61. The summed E-state index contributed by atoms with van der Waals surface area (Å²) in [5.74, 6) is 0.0457. The average Bonchev–Trinajstić information content (AvgIpc) is 3.73. The number of hydrogen-bond donors (Lipinski definition) is 1. The van der Waals surface area contributed by atoms with Gasteiger partial charge in [-0.2, -0.15) is 18.4 Å². The van der Waals surface area contributed by atoms with Gasteiger partial charge >= 0.3 is 17.8 Å². The molecule has 2 aliphatic rings. The Morgan fingerprint density at radius 1 is 1.24 bits per heavy atom. The van der Waals surface area contributed by atoms with Gasteiger partial charge in [0, 0.05) is 30.2 Å². The maximum atomic E-state index is 13.6. The molecule has 11 nitrogen and oxygen atoms in total. The second kappa shape index (κ2) is 13.6. The van der Waals surface area contributed by atoms with Gasteiger partial charge in [-0.3, -0.25) is 4.90 Å². The van der Waals surface area contributed by atoms with Gasteiger partial charge in [-0.1, -0.05) is 12.1 Å². The smallest absolute Gasteiger partial charge is 0.416 e. The van der Waals surface area contributed by atoms with Gasteiger partial charge in [-0.15, -0.1) is 5.10 Å². The van der Waals surface area contributed by atoms with Crippen molar-refractivity contribution in [3.05, 3.63) is 86.5 Å². The largest absolute Gasteiger partial charge is 0.554 e. The number of methoxy groups -OCH3 is 1. The second-order valence-electron chi connectivity index (χ2n) is 12.0. The van der Waals surface area contributed by atoms with Crippen LogP contribution >= 0.6 is 0 Å². The van der Waals surface area contributed by atoms with Crippen LogP contribution in [0.4, 0.5) is 24.8 Å². The number of aromatic nitrogens is 3. The van der Waals surface area contributed by atoms with Crippen LogP contribution in [0.1, 0.15) is 54.5 Å². The van der Waals surface area contributed by atoms with Crippen LogP contribution in [0.5, 0.6) is 0 Å². The fourth-order valence-corrected chi connectivity index (χ4v) is 6.03. The number of hydrogen-bond acceptors (Lipinski definition) is 8. The molecular weight excluding hydrogens is 605 g/mol. The van der Waals surface area contributed by atoms with E-state index < -0.39 is 35.9 Å². The predicted molar refractivity (Wildman–Crippen MR) is 159 cm³/mol. The average molecular weight is 641 g/mol. The number of nitrogens with zero attached hydrogens (tertiary/aromatic N) is 5. The first-order chi connectivity index (χ1) is 21.8. The Morgan fingerprint density at radius 3 is 2.54 bits per heavy atom. The van der Waals surface area contributed by atoms with Crippen molar-refractivity contribution in [2.75, 3.05) is 39.2 Å². The Balaban J connectivity index is 0.00000154. The lowest BCUT2D eigenvalue weighted by Crippen LogP contribution is -2.42. The standard InChI is InChI=1S/C31H33F3N6O3.CH2O2/c1-19-26(28(41)43-4)27(25-13-12-21(17-35)15-22(25)7-6-14-40(2,3)18-20-10-11-20)39-29(36-37-30(39)42)38(19)24-9-5-8-23(16-24)31(32,33)34;2-1-3/h5,8-9,12-13,15-16,20,27H,6-7,10-11,14,18H2,1-4H3;1H,(H,2,3)/t27-;/m1./s1. The van der Waals surface area contributed by atoms with E-state index >= 15 is 0 Å². The SMILES string of the molecule is COC(=O)C1=C(C)N(c2cccc(C(F)(F)F)c2)c2n[nH]c(=O)n2[C@@H]1c1ccc(C#N)cc1CCC[N+](C)(C)CC1CC1.O=C[O-]. The van der Waals surface area contributed by atoms with Gasteiger partial charge in [0.05, 0.1) is 57.1 Å². The number of halogens is 3. The maximum absolute atomic E-state index is 13.6. The number of anilines is 2. The van der Waals surface area contributed by atoms with Gasteiger partial charge in [0.15, 0.2) is 0 Å². The molecule has 46 heavy (non-hydrogen) atoms. The highest BCUT2D eigenvalue weighted by molar-refractivity contribution is 5.93. The van der Waals surface area contributed by atoms with Crippen LogP contribution in [0.15, 0.2) is 58.5 Å². The first kappa shape index (κ1) is 34.0. The van der Waals surface area contributed by atoms with Crippen molar-refractivity contribution >= 4 is 24.1 Å². The number of carbonyl (C=O) groups is 2. The van der Waals surface area contributed by atoms with Crippen molar-refractivity contribution in [2.45, 2.75) is 44.8 Å². The summed E-state index contributed by atoms with van der Waals surface area (Å²) in [5, 5.41) is 24.5. The fourth-order valence-electron chi connectivity index (χ4n) is 6.03. The molecule has 1 fully saturated rings. The molecule has 1 N–H and O–H groups in total. The zero-order valence-electron chi connectivity index (χ0n) is 25.9. The number of fused-ring (bicyclic) bond motifs is 1. The number of aryl methyl sites for hydroxylation is 1. The molecular formula is C32H35F3N6O5. The zero-order valence-corrected chi connectivity index (χ0v) is 25.9. The van der Waals surface area contributed by atoms with Crippen LogP contribution < -0.4 is 15.7 Å². The number of nitrogens with one attached hydrogen (secondary N) is 1. The molecule has 1 saturated carbocycles. The van der Waals surface area contributed by atoms with Crippen molar-refractivity contribution in [3.63, 3.8) is 0 Å². The lowest BCUT2D eigenvalue weighted by molar-refractivity contribution is -0.892. The van der Waals surface area contributed by atoms with Gasteiger partial charge < -0.3 is 19.1 Å². The fraction of sp³-hybridized carbons (Fsp3) is 0.406. The first-order valence-corrected chi connectivity index (χ1v) is 14.6. The van der Waals surface area contributed by atoms with Gasteiger partial charge in [-0.25, -0.2) is 19.3 Å². The van der Waals surface area contributed by atoms with Crippen molar-refractivity contribution < 1.29 is 37.1 Å². The molecule has 0 amide bonds. The quantitative estimate of drug-likeness (QED) is 0.213. The minimum Gasteiger partial charge on any atom is -0.554 e. The lowest BCUT2D eigenvalue weighted by Gasteiger charge is -2.36. The summed E-state index contributed by atoms with van der Waals surface area (Å²) in [4.78, 5) is 36.3. The van der Waals surface area contributed by atoms with E-state index in [2.05, 4.69) is 30.4 Å². The van der Waals surface area contributed by atoms with E-state index in [0.29, 0.717) is 17.5 Å². The molecule has 2 aromatic carbocycles. The highest BCUT2D eigenvalue weighted by Gasteiger charge is 2.41. The van der Waals surface area contributed by atoms with Crippen molar-refractivity contribution in [1.29, 1.82) is 5.26 Å². The van der Waals surface area contributed by atoms with Crippen molar-refractivity contribution in [1.82, 2.24) is 14.8 Å². The monoisotopic (exact) mass is 640 g/mol. The van der Waals surface area contributed by atoms with Crippen LogP contribution in [0.3, 0.4) is 0 Å². The van der Waals surface area contributed by atoms with E-state index in [0.717, 1.165) is 47.6 Å². The summed E-state index contributed by atoms with van der Waals surface area (Å²) < 4.78 is 48.1. The third kappa shape index (κ3) is 7.31. The highest BCUT2D eigenvalue weighted by Crippen LogP contribution is 2.43. The molecule has 1 atom stereocenters. The summed E-state index contributed by atoms with van der Waals surface area (Å²) in [6.45, 7) is 3.08. The molecule has 0 saturated heterocycles. The molecule has 0 bridgehead atoms. The van der Waals surface area contributed by atoms with E-state index in [1.54, 1.807) is 25.1 Å². The topological polar surface area (TPSA) is 144 Å². The van der Waals surface area contributed by atoms with E-state index in [9.17, 15) is 28.0 Å². The Bertz CT molecular complexity index is 1730. The lowest BCUT2D eigenvalue weighted by atomic mass is 9.88. The van der Waals surface area contributed by atoms with E-state index in [1.807, 2.05) is 0 Å². The molecule has 0 spiro atoms. The maximum Gasteiger partial charge on any atom is 0.416 e. The van der Waals surface area contributed by atoms with E-state index in [4.69, 9.17) is 14.6 Å². The number of rotatable bonds is 9. The van der Waals surface area contributed by atoms with E-state index in [-0.39, 0.29) is 22.9 Å². The highest BCUT2D eigenvalue weighted by atomic mass is 19.4. The first-order valence-electron chi connectivity index (χ1n) is 14.6. The number of ether oxygens (including phenoxy) is 1. The summed E-state index contributed by atoms with van der Waals surface area (Å²) in [6.07, 6.45) is -0.696. The Hall–Kier alpha value is -4.90. The van der Waals surface area contributed by atoms with Crippen LogP contribution in [0, 0.1) is 17.2 Å². The molecule has 5 rings (SSSR count). The van der Waals surface area contributed by atoms with E-state index in [1.165, 1.54) is 41.6 Å². The molecule has 0 radical (unpaired) electrons. The molecule has 2 heterocycles. The molecule has 0 unspecified atom stereocenters. The van der Waals surface area contributed by atoms with Gasteiger partial charge in [0.2, 0.25) is 5.95 Å². The van der Waals surface area contributed by atoms with Crippen molar-refractivity contribution in [3.8, 4) is 6.07 Å². The number of carboxylic acid groups (broad SMARTS) is 1. The third-order valence-corrected chi connectivity index (χ3v) is 8.21. The predicted octanol–water partition coefficient (Wildman–Crippen LogP) is 3.44. The molecule has 1 aromatic heterocycles. The zero-order chi connectivity index (χ0) is 33.8. The molecule has 3 aromatic rings. The number of esters is 1. The number of aromatic amines is 1. The number of H-pyrrole nitrogens is 1. The number of alkyl halides is 3. The normalized spacial score (nSPS) is 16.2. The van der Waals surface area contributed by atoms with Gasteiger partial charge in [0.25, 0.3) is 0 Å². The Labute approximate surface area is 263 Å². The van der Waals surface area contributed by atoms with Crippen LogP contribution in [0.25, 0.3) is 0 Å². The molecule has 1 aliphatic carbocycles. The molecule has 244 valence electrons. The number of quaternary nitrogens is 1. The van der Waals surface area contributed by atoms with Crippen LogP contribution in [-0.2, 0) is 26.9 Å². The molecule has 1 aliphatic heterocycles.